The van der Waals surface area contributed by atoms with Crippen LogP contribution in [-0.4, -0.2) is 29.1 Å². The third-order valence-corrected chi connectivity index (χ3v) is 3.35. The van der Waals surface area contributed by atoms with E-state index < -0.39 is 5.54 Å². The zero-order valence-corrected chi connectivity index (χ0v) is 9.44. The number of nitrogens with one attached hydrogen (secondary N) is 1. The molecule has 0 bridgehead atoms. The maximum Gasteiger partial charge on any atom is 0.333 e. The van der Waals surface area contributed by atoms with Gasteiger partial charge in [0.1, 0.15) is 0 Å². The minimum Gasteiger partial charge on any atom is -0.464 e. The van der Waals surface area contributed by atoms with Gasteiger partial charge in [-0.1, -0.05) is 25.6 Å². The normalized spacial score (nSPS) is 26.4. The van der Waals surface area contributed by atoms with Crippen molar-refractivity contribution in [3.8, 4) is 0 Å². The minimum atomic E-state index is -0.822. The average molecular weight is 217 g/mol. The zero-order chi connectivity index (χ0) is 10.8. The van der Waals surface area contributed by atoms with Crippen molar-refractivity contribution in [3.63, 3.8) is 0 Å². The van der Waals surface area contributed by atoms with Crippen LogP contribution in [-0.2, 0) is 9.53 Å². The first kappa shape index (κ1) is 11.4. The molecule has 0 aromatic rings. The van der Waals surface area contributed by atoms with Crippen molar-refractivity contribution in [2.75, 3.05) is 12.4 Å². The second-order valence-electron chi connectivity index (χ2n) is 3.55. The van der Waals surface area contributed by atoms with Crippen LogP contribution in [0, 0.1) is 5.92 Å². The predicted octanol–water partition coefficient (Wildman–Crippen LogP) is 1.40. The fourth-order valence-electron chi connectivity index (χ4n) is 1.35. The van der Waals surface area contributed by atoms with Gasteiger partial charge in [0.15, 0.2) is 5.54 Å². The van der Waals surface area contributed by atoms with Gasteiger partial charge in [-0.25, -0.2) is 4.79 Å². The molecule has 0 unspecified atom stereocenters. The molecule has 1 saturated heterocycles. The highest BCUT2D eigenvalue weighted by Crippen LogP contribution is 2.30. The number of thioether (sulfide) groups is 1. The van der Waals surface area contributed by atoms with Crippen molar-refractivity contribution in [1.29, 1.82) is 0 Å². The van der Waals surface area contributed by atoms with Gasteiger partial charge in [-0.15, -0.1) is 0 Å². The smallest absolute Gasteiger partial charge is 0.333 e. The lowest BCUT2D eigenvalue weighted by molar-refractivity contribution is -0.151. The number of hydrogen-bond acceptors (Lipinski definition) is 4. The molecule has 0 aromatic carbocycles. The minimum absolute atomic E-state index is 0.0421. The fraction of sp³-hybridized carbons (Fsp3) is 0.778. The zero-order valence-electron chi connectivity index (χ0n) is 8.62. The number of carbonyl (C=O) groups is 2. The highest BCUT2D eigenvalue weighted by molar-refractivity contribution is 8.14. The largest absolute Gasteiger partial charge is 0.464 e. The SMILES string of the molecule is CCOC(=O)[C@@]1(C(C)C)CSC(=O)N1. The van der Waals surface area contributed by atoms with Crippen LogP contribution in [0.15, 0.2) is 0 Å². The molecule has 1 aliphatic rings. The molecule has 1 atom stereocenters. The first-order valence-electron chi connectivity index (χ1n) is 4.65. The Kier molecular flexibility index (Phi) is 3.42. The second kappa shape index (κ2) is 4.21. The standard InChI is InChI=1S/C9H15NO3S/c1-4-13-7(11)9(6(2)3)5-14-8(12)10-9/h6H,4-5H2,1-3H3,(H,10,12)/t9-/m0/s1. The highest BCUT2D eigenvalue weighted by atomic mass is 32.2. The monoisotopic (exact) mass is 217 g/mol. The lowest BCUT2D eigenvalue weighted by atomic mass is 9.88. The Labute approximate surface area is 87.8 Å². The van der Waals surface area contributed by atoms with E-state index in [0.717, 1.165) is 11.8 Å². The molecule has 1 fully saturated rings. The highest BCUT2D eigenvalue weighted by Gasteiger charge is 2.48. The van der Waals surface area contributed by atoms with E-state index in [-0.39, 0.29) is 17.1 Å². The molecule has 4 nitrogen and oxygen atoms in total. The Hall–Kier alpha value is -0.710. The lowest BCUT2D eigenvalue weighted by Crippen LogP contribution is -2.55. The van der Waals surface area contributed by atoms with E-state index in [1.54, 1.807) is 6.92 Å². The Morgan fingerprint density at radius 3 is 2.71 bits per heavy atom. The summed E-state index contributed by atoms with van der Waals surface area (Å²) in [4.78, 5) is 22.8. The summed E-state index contributed by atoms with van der Waals surface area (Å²) in [6.07, 6.45) is 0. The second-order valence-corrected chi connectivity index (χ2v) is 4.50. The molecular formula is C9H15NO3S. The van der Waals surface area contributed by atoms with Gasteiger partial charge in [-0.2, -0.15) is 0 Å². The summed E-state index contributed by atoms with van der Waals surface area (Å²) in [5.74, 6) is 0.177. The number of carbonyl (C=O) groups excluding carboxylic acids is 2. The number of amides is 1. The molecule has 0 radical (unpaired) electrons. The van der Waals surface area contributed by atoms with Crippen molar-refractivity contribution in [2.24, 2.45) is 5.92 Å². The van der Waals surface area contributed by atoms with Gasteiger partial charge in [-0.05, 0) is 12.8 Å². The summed E-state index contributed by atoms with van der Waals surface area (Å²) < 4.78 is 4.97. The fourth-order valence-corrected chi connectivity index (χ4v) is 2.49. The van der Waals surface area contributed by atoms with Crippen LogP contribution in [0.25, 0.3) is 0 Å². The van der Waals surface area contributed by atoms with E-state index in [0.29, 0.717) is 12.4 Å². The third kappa shape index (κ3) is 1.87. The molecule has 0 spiro atoms. The van der Waals surface area contributed by atoms with E-state index in [9.17, 15) is 9.59 Å². The first-order chi connectivity index (χ1) is 6.53. The van der Waals surface area contributed by atoms with Crippen molar-refractivity contribution in [2.45, 2.75) is 26.3 Å². The molecule has 0 aromatic heterocycles. The van der Waals surface area contributed by atoms with Crippen LogP contribution in [0.5, 0.6) is 0 Å². The molecule has 1 rings (SSSR count). The van der Waals surface area contributed by atoms with Gasteiger partial charge in [0.25, 0.3) is 5.24 Å². The van der Waals surface area contributed by atoms with Gasteiger partial charge in [-0.3, -0.25) is 4.79 Å². The molecule has 1 amide bonds. The predicted molar refractivity (Wildman–Crippen MR) is 55.2 cm³/mol. The lowest BCUT2D eigenvalue weighted by Gasteiger charge is -2.29. The summed E-state index contributed by atoms with van der Waals surface area (Å²) in [5.41, 5.74) is -0.822. The van der Waals surface area contributed by atoms with Gasteiger partial charge in [0.05, 0.1) is 6.61 Å². The van der Waals surface area contributed by atoms with Crippen LogP contribution in [0.3, 0.4) is 0 Å². The van der Waals surface area contributed by atoms with Crippen molar-refractivity contribution in [1.82, 2.24) is 5.32 Å². The van der Waals surface area contributed by atoms with Gasteiger partial charge in [0.2, 0.25) is 0 Å². The van der Waals surface area contributed by atoms with Crippen LogP contribution in [0.4, 0.5) is 4.79 Å². The summed E-state index contributed by atoms with van der Waals surface area (Å²) in [6.45, 7) is 5.91. The maximum absolute atomic E-state index is 11.7. The van der Waals surface area contributed by atoms with E-state index >= 15 is 0 Å². The molecule has 5 heteroatoms. The third-order valence-electron chi connectivity index (χ3n) is 2.38. The maximum atomic E-state index is 11.7. The first-order valence-corrected chi connectivity index (χ1v) is 5.63. The molecule has 14 heavy (non-hydrogen) atoms. The van der Waals surface area contributed by atoms with Crippen LogP contribution < -0.4 is 5.32 Å². The quantitative estimate of drug-likeness (QED) is 0.726. The van der Waals surface area contributed by atoms with E-state index in [2.05, 4.69) is 5.32 Å². The van der Waals surface area contributed by atoms with E-state index in [1.807, 2.05) is 13.8 Å². The van der Waals surface area contributed by atoms with Crippen LogP contribution in [0.2, 0.25) is 0 Å². The van der Waals surface area contributed by atoms with E-state index in [4.69, 9.17) is 4.74 Å². The van der Waals surface area contributed by atoms with Crippen LogP contribution >= 0.6 is 11.8 Å². The van der Waals surface area contributed by atoms with Crippen molar-refractivity contribution >= 4 is 23.0 Å². The summed E-state index contributed by atoms with van der Waals surface area (Å²) >= 11 is 1.14. The van der Waals surface area contributed by atoms with Crippen LogP contribution in [0.1, 0.15) is 20.8 Å². The Morgan fingerprint density at radius 2 is 2.36 bits per heavy atom. The average Bonchev–Trinajstić information content (AvgIpc) is 2.49. The number of esters is 1. The van der Waals surface area contributed by atoms with Crippen molar-refractivity contribution in [3.05, 3.63) is 0 Å². The Balaban J connectivity index is 2.83. The molecular weight excluding hydrogens is 202 g/mol. The number of rotatable bonds is 3. The van der Waals surface area contributed by atoms with Crippen molar-refractivity contribution < 1.29 is 14.3 Å². The molecule has 0 saturated carbocycles. The molecule has 80 valence electrons. The van der Waals surface area contributed by atoms with E-state index in [1.165, 1.54) is 0 Å². The topological polar surface area (TPSA) is 55.4 Å². The summed E-state index contributed by atoms with van der Waals surface area (Å²) in [5, 5.41) is 2.55. The Morgan fingerprint density at radius 1 is 1.71 bits per heavy atom. The number of ether oxygens (including phenoxy) is 1. The molecule has 1 aliphatic heterocycles. The molecule has 1 N–H and O–H groups in total. The molecule has 1 heterocycles. The van der Waals surface area contributed by atoms with Gasteiger partial charge < -0.3 is 10.1 Å². The molecule has 0 aliphatic carbocycles. The summed E-state index contributed by atoms with van der Waals surface area (Å²) in [7, 11) is 0. The number of hydrogen-bond donors (Lipinski definition) is 1. The van der Waals surface area contributed by atoms with Gasteiger partial charge in [0, 0.05) is 5.75 Å². The Bertz CT molecular complexity index is 254. The summed E-state index contributed by atoms with van der Waals surface area (Å²) in [6, 6.07) is 0. The van der Waals surface area contributed by atoms with Gasteiger partial charge >= 0.3 is 5.97 Å².